The highest BCUT2D eigenvalue weighted by Gasteiger charge is 2.36. The Morgan fingerprint density at radius 2 is 1.86 bits per heavy atom. The van der Waals surface area contributed by atoms with Gasteiger partial charge in [0.15, 0.2) is 10.7 Å². The number of fused-ring (bicyclic) bond motifs is 1. The van der Waals surface area contributed by atoms with E-state index in [-0.39, 0.29) is 18.3 Å². The number of nitrogens with zero attached hydrogens (tertiary/aromatic N) is 3. The van der Waals surface area contributed by atoms with Crippen molar-refractivity contribution in [2.75, 3.05) is 51.4 Å². The first-order chi connectivity index (χ1) is 16.4. The molecule has 35 heavy (non-hydrogen) atoms. The topological polar surface area (TPSA) is 64.1 Å². The summed E-state index contributed by atoms with van der Waals surface area (Å²) in [4.78, 5) is 22.7. The number of morpholine rings is 1. The van der Waals surface area contributed by atoms with Crippen molar-refractivity contribution in [3.63, 3.8) is 0 Å². The second kappa shape index (κ2) is 12.2. The van der Waals surface area contributed by atoms with Gasteiger partial charge in [0, 0.05) is 31.2 Å². The largest absolute Gasteiger partial charge is 0.497 e. The van der Waals surface area contributed by atoms with E-state index in [0.29, 0.717) is 22.4 Å². The third-order valence-electron chi connectivity index (χ3n) is 5.72. The van der Waals surface area contributed by atoms with E-state index in [1.54, 1.807) is 50.1 Å². The van der Waals surface area contributed by atoms with Crippen LogP contribution < -0.4 is 14.4 Å². The number of carbonyl (C=O) groups excluding carboxylic acids is 1. The van der Waals surface area contributed by atoms with Crippen LogP contribution >= 0.6 is 35.3 Å². The number of hydrogen-bond donors (Lipinski definition) is 0. The zero-order valence-electron chi connectivity index (χ0n) is 20.2. The number of rotatable bonds is 9. The van der Waals surface area contributed by atoms with E-state index >= 15 is 0 Å². The fourth-order valence-corrected chi connectivity index (χ4v) is 5.01. The first-order valence-electron chi connectivity index (χ1n) is 11.4. The number of amides is 1. The van der Waals surface area contributed by atoms with Crippen LogP contribution in [0.4, 0.5) is 5.13 Å². The van der Waals surface area contributed by atoms with E-state index in [1.807, 2.05) is 18.2 Å². The van der Waals surface area contributed by atoms with E-state index in [1.165, 1.54) is 11.3 Å². The van der Waals surface area contributed by atoms with Crippen LogP contribution in [0.1, 0.15) is 20.3 Å². The molecule has 2 aromatic carbocycles. The lowest BCUT2D eigenvalue weighted by Crippen LogP contribution is -2.50. The van der Waals surface area contributed by atoms with Gasteiger partial charge in [-0.15, -0.1) is 12.4 Å². The monoisotopic (exact) mass is 539 g/mol. The van der Waals surface area contributed by atoms with Gasteiger partial charge >= 0.3 is 0 Å². The molecule has 0 N–H and O–H groups in total. The van der Waals surface area contributed by atoms with Crippen LogP contribution in [0.5, 0.6) is 11.5 Å². The lowest BCUT2D eigenvalue weighted by molar-refractivity contribution is -0.131. The number of halogens is 2. The molecule has 1 aliphatic heterocycles. The average Bonchev–Trinajstić information content (AvgIpc) is 3.26. The Morgan fingerprint density at radius 3 is 2.54 bits per heavy atom. The molecule has 1 amide bonds. The Morgan fingerprint density at radius 1 is 1.17 bits per heavy atom. The molecule has 2 heterocycles. The average molecular weight is 541 g/mol. The summed E-state index contributed by atoms with van der Waals surface area (Å²) in [6, 6.07) is 12.8. The normalized spacial score (nSPS) is 14.4. The molecule has 0 bridgehead atoms. The maximum absolute atomic E-state index is 13.8. The number of carbonyl (C=O) groups is 1. The van der Waals surface area contributed by atoms with Gasteiger partial charge in [0.05, 0.1) is 30.5 Å². The molecular formula is C25H31Cl2N3O4S. The minimum Gasteiger partial charge on any atom is -0.497 e. The Kier molecular flexibility index (Phi) is 9.61. The number of methoxy groups -OCH3 is 1. The molecule has 190 valence electrons. The predicted octanol–water partition coefficient (Wildman–Crippen LogP) is 5.29. The molecule has 4 rings (SSSR count). The zero-order chi connectivity index (χ0) is 24.1. The number of aromatic nitrogens is 1. The van der Waals surface area contributed by atoms with Crippen LogP contribution in [-0.4, -0.2) is 67.9 Å². The van der Waals surface area contributed by atoms with Gasteiger partial charge in [-0.2, -0.15) is 0 Å². The van der Waals surface area contributed by atoms with Crippen LogP contribution in [0.25, 0.3) is 10.2 Å². The van der Waals surface area contributed by atoms with Gasteiger partial charge < -0.3 is 14.2 Å². The lowest BCUT2D eigenvalue weighted by Gasteiger charge is -2.32. The molecular weight excluding hydrogens is 509 g/mol. The third kappa shape index (κ3) is 6.98. The standard InChI is InChI=1S/C25H30ClN3O4S.ClH/c1-25(2,33-19-7-5-18(26)6-8-19)23(30)29(12-4-11-28-13-15-32-16-14-28)24-27-21-10-9-20(31-3)17-22(21)34-24;/h5-10,17H,4,11-16H2,1-3H3;1H. The Labute approximate surface area is 221 Å². The molecule has 1 aromatic heterocycles. The molecule has 0 aliphatic carbocycles. The Hall–Kier alpha value is -2.10. The van der Waals surface area contributed by atoms with E-state index in [2.05, 4.69) is 4.90 Å². The highest BCUT2D eigenvalue weighted by Crippen LogP contribution is 2.33. The van der Waals surface area contributed by atoms with Gasteiger partial charge in [0.2, 0.25) is 0 Å². The van der Waals surface area contributed by atoms with Crippen LogP contribution in [0.3, 0.4) is 0 Å². The van der Waals surface area contributed by atoms with Crippen LogP contribution in [0.2, 0.25) is 5.02 Å². The minimum atomic E-state index is -1.09. The van der Waals surface area contributed by atoms with Crippen molar-refractivity contribution in [3.8, 4) is 11.5 Å². The molecule has 0 spiro atoms. The summed E-state index contributed by atoms with van der Waals surface area (Å²) in [6.45, 7) is 8.35. The summed E-state index contributed by atoms with van der Waals surface area (Å²) in [5, 5.41) is 1.27. The van der Waals surface area contributed by atoms with E-state index in [9.17, 15) is 4.79 Å². The Balaban J connectivity index is 0.00000342. The summed E-state index contributed by atoms with van der Waals surface area (Å²) in [5.41, 5.74) is -0.259. The van der Waals surface area contributed by atoms with Gasteiger partial charge in [0.25, 0.3) is 5.91 Å². The SMILES string of the molecule is COc1ccc2nc(N(CCCN3CCOCC3)C(=O)C(C)(C)Oc3ccc(Cl)cc3)sc2c1.Cl. The predicted molar refractivity (Wildman–Crippen MR) is 144 cm³/mol. The van der Waals surface area contributed by atoms with Crippen LogP contribution in [0, 0.1) is 0 Å². The number of thiazole rings is 1. The summed E-state index contributed by atoms with van der Waals surface area (Å²) >= 11 is 7.48. The molecule has 1 aliphatic rings. The van der Waals surface area contributed by atoms with Crippen LogP contribution in [-0.2, 0) is 9.53 Å². The van der Waals surface area contributed by atoms with Crippen molar-refractivity contribution >= 4 is 56.6 Å². The van der Waals surface area contributed by atoms with Crippen LogP contribution in [0.15, 0.2) is 42.5 Å². The second-order valence-corrected chi connectivity index (χ2v) is 10.1. The van der Waals surface area contributed by atoms with Gasteiger partial charge in [0.1, 0.15) is 11.5 Å². The Bertz CT molecular complexity index is 1120. The molecule has 0 unspecified atom stereocenters. The number of hydrogen-bond acceptors (Lipinski definition) is 7. The molecule has 3 aromatic rings. The van der Waals surface area contributed by atoms with Gasteiger partial charge in [-0.1, -0.05) is 22.9 Å². The molecule has 0 radical (unpaired) electrons. The maximum Gasteiger partial charge on any atom is 0.272 e. The second-order valence-electron chi connectivity index (χ2n) is 8.66. The zero-order valence-corrected chi connectivity index (χ0v) is 22.5. The molecule has 1 fully saturated rings. The first-order valence-corrected chi connectivity index (χ1v) is 12.6. The molecule has 0 atom stereocenters. The van der Waals surface area contributed by atoms with Gasteiger partial charge in [-0.25, -0.2) is 4.98 Å². The summed E-state index contributed by atoms with van der Waals surface area (Å²) < 4.78 is 17.9. The number of anilines is 1. The first kappa shape index (κ1) is 27.5. The van der Waals surface area contributed by atoms with Crippen molar-refractivity contribution < 1.29 is 19.0 Å². The summed E-state index contributed by atoms with van der Waals surface area (Å²) in [6.07, 6.45) is 0.821. The van der Waals surface area contributed by atoms with Crippen molar-refractivity contribution in [1.82, 2.24) is 9.88 Å². The smallest absolute Gasteiger partial charge is 0.272 e. The summed E-state index contributed by atoms with van der Waals surface area (Å²) in [5.74, 6) is 1.21. The third-order valence-corrected chi connectivity index (χ3v) is 7.01. The molecule has 7 nitrogen and oxygen atoms in total. The van der Waals surface area contributed by atoms with Crippen molar-refractivity contribution in [2.24, 2.45) is 0 Å². The minimum absolute atomic E-state index is 0. The lowest BCUT2D eigenvalue weighted by atomic mass is 10.1. The quantitative estimate of drug-likeness (QED) is 0.368. The van der Waals surface area contributed by atoms with Crippen molar-refractivity contribution in [1.29, 1.82) is 0 Å². The molecule has 0 saturated carbocycles. The fourth-order valence-electron chi connectivity index (χ4n) is 3.86. The number of ether oxygens (including phenoxy) is 3. The van der Waals surface area contributed by atoms with Crippen molar-refractivity contribution in [3.05, 3.63) is 47.5 Å². The molecule has 1 saturated heterocycles. The van der Waals surface area contributed by atoms with Gasteiger partial charge in [-0.3, -0.25) is 14.6 Å². The van der Waals surface area contributed by atoms with E-state index in [4.69, 9.17) is 30.8 Å². The molecule has 10 heteroatoms. The summed E-state index contributed by atoms with van der Waals surface area (Å²) in [7, 11) is 1.64. The maximum atomic E-state index is 13.8. The van der Waals surface area contributed by atoms with Gasteiger partial charge in [-0.05, 0) is 62.7 Å². The highest BCUT2D eigenvalue weighted by atomic mass is 35.5. The van der Waals surface area contributed by atoms with E-state index in [0.717, 1.165) is 55.2 Å². The van der Waals surface area contributed by atoms with E-state index < -0.39 is 5.60 Å². The van der Waals surface area contributed by atoms with Crippen molar-refractivity contribution in [2.45, 2.75) is 25.9 Å². The highest BCUT2D eigenvalue weighted by molar-refractivity contribution is 7.22. The fraction of sp³-hybridized carbons (Fsp3) is 0.440. The number of benzene rings is 2.